The Balaban J connectivity index is 1.83. The number of benzene rings is 1. The van der Waals surface area contributed by atoms with Gasteiger partial charge in [-0.05, 0) is 37.1 Å². The van der Waals surface area contributed by atoms with Crippen LogP contribution in [0.5, 0.6) is 0 Å². The Labute approximate surface area is 122 Å². The van der Waals surface area contributed by atoms with Crippen LogP contribution in [0.15, 0.2) is 47.6 Å². The summed E-state index contributed by atoms with van der Waals surface area (Å²) in [6.45, 7) is 4.12. The fourth-order valence-corrected chi connectivity index (χ4v) is 3.14. The van der Waals surface area contributed by atoms with E-state index in [0.29, 0.717) is 0 Å². The lowest BCUT2D eigenvalue weighted by molar-refractivity contribution is 1.16. The molecule has 3 aromatic rings. The number of aryl methyl sites for hydroxylation is 2. The molecule has 4 heteroatoms. The van der Waals surface area contributed by atoms with E-state index in [1.807, 2.05) is 31.3 Å². The van der Waals surface area contributed by atoms with E-state index in [9.17, 15) is 0 Å². The fraction of sp³-hybridized carbons (Fsp3) is 0.188. The summed E-state index contributed by atoms with van der Waals surface area (Å²) in [5, 5.41) is 0. The van der Waals surface area contributed by atoms with Gasteiger partial charge in [0, 0.05) is 28.7 Å². The van der Waals surface area contributed by atoms with Crippen LogP contribution in [-0.4, -0.2) is 9.38 Å². The predicted octanol–water partition coefficient (Wildman–Crippen LogP) is 3.83. The Kier molecular flexibility index (Phi) is 3.40. The highest BCUT2D eigenvalue weighted by molar-refractivity contribution is 7.98. The molecule has 0 unspecified atom stereocenters. The molecule has 0 amide bonds. The highest BCUT2D eigenvalue weighted by Gasteiger charge is 2.06. The number of nitrogens with two attached hydrogens (primary N) is 1. The van der Waals surface area contributed by atoms with Gasteiger partial charge in [-0.15, -0.1) is 11.8 Å². The number of thioether (sulfide) groups is 1. The number of nitrogens with zero attached hydrogens (tertiary/aromatic N) is 2. The van der Waals surface area contributed by atoms with Gasteiger partial charge in [0.05, 0.1) is 5.69 Å². The summed E-state index contributed by atoms with van der Waals surface area (Å²) in [6, 6.07) is 10.3. The van der Waals surface area contributed by atoms with Crippen LogP contribution in [0, 0.1) is 13.8 Å². The Morgan fingerprint density at radius 1 is 1.15 bits per heavy atom. The number of fused-ring (bicyclic) bond motifs is 1. The maximum Gasteiger partial charge on any atom is 0.139 e. The van der Waals surface area contributed by atoms with Crippen molar-refractivity contribution in [2.45, 2.75) is 24.5 Å². The van der Waals surface area contributed by atoms with Gasteiger partial charge in [0.15, 0.2) is 0 Å². The van der Waals surface area contributed by atoms with Crippen molar-refractivity contribution < 1.29 is 0 Å². The molecule has 3 nitrogen and oxygen atoms in total. The second-order valence-corrected chi connectivity index (χ2v) is 5.95. The van der Waals surface area contributed by atoms with Crippen molar-refractivity contribution in [2.24, 2.45) is 0 Å². The van der Waals surface area contributed by atoms with Crippen LogP contribution in [0.1, 0.15) is 16.8 Å². The number of hydrogen-bond acceptors (Lipinski definition) is 3. The van der Waals surface area contributed by atoms with E-state index in [2.05, 4.69) is 34.6 Å². The van der Waals surface area contributed by atoms with Gasteiger partial charge in [-0.1, -0.05) is 18.2 Å². The summed E-state index contributed by atoms with van der Waals surface area (Å²) < 4.78 is 2.07. The molecule has 0 aliphatic heterocycles. The normalized spacial score (nSPS) is 11.1. The molecule has 0 spiro atoms. The molecular weight excluding hydrogens is 266 g/mol. The Morgan fingerprint density at radius 3 is 2.75 bits per heavy atom. The zero-order valence-corrected chi connectivity index (χ0v) is 12.4. The molecule has 2 heterocycles. The third-order valence-electron chi connectivity index (χ3n) is 3.39. The molecule has 3 rings (SSSR count). The molecular formula is C16H17N3S. The van der Waals surface area contributed by atoms with Gasteiger partial charge in [0.2, 0.25) is 0 Å². The maximum atomic E-state index is 6.10. The Morgan fingerprint density at radius 2 is 1.95 bits per heavy atom. The van der Waals surface area contributed by atoms with E-state index >= 15 is 0 Å². The minimum atomic E-state index is 0.828. The lowest BCUT2D eigenvalue weighted by Crippen LogP contribution is -1.92. The van der Waals surface area contributed by atoms with E-state index in [-0.39, 0.29) is 0 Å². The first-order valence-electron chi connectivity index (χ1n) is 6.56. The van der Waals surface area contributed by atoms with Crippen LogP contribution in [0.3, 0.4) is 0 Å². The molecule has 0 radical (unpaired) electrons. The van der Waals surface area contributed by atoms with Crippen molar-refractivity contribution >= 4 is 23.1 Å². The van der Waals surface area contributed by atoms with Gasteiger partial charge in [0.25, 0.3) is 0 Å². The first-order chi connectivity index (χ1) is 9.65. The second-order valence-electron chi connectivity index (χ2n) is 4.93. The summed E-state index contributed by atoms with van der Waals surface area (Å²) in [4.78, 5) is 5.80. The van der Waals surface area contributed by atoms with Gasteiger partial charge >= 0.3 is 0 Å². The number of imidazole rings is 1. The first kappa shape index (κ1) is 13.1. The lowest BCUT2D eigenvalue weighted by Gasteiger charge is -2.06. The molecule has 0 aliphatic carbocycles. The van der Waals surface area contributed by atoms with Crippen molar-refractivity contribution in [3.05, 3.63) is 59.5 Å². The molecule has 0 atom stereocenters. The molecule has 0 bridgehead atoms. The molecule has 102 valence electrons. The first-order valence-corrected chi connectivity index (χ1v) is 7.55. The molecule has 0 fully saturated rings. The van der Waals surface area contributed by atoms with Crippen LogP contribution in [0.4, 0.5) is 5.69 Å². The van der Waals surface area contributed by atoms with Crippen LogP contribution < -0.4 is 5.73 Å². The number of nitrogen functional groups attached to an aromatic ring is 1. The molecule has 1 aromatic carbocycles. The maximum absolute atomic E-state index is 6.10. The standard InChI is InChI=1S/C16H17N3S/c1-11-5-3-7-14(15(11)17)20-10-13-9-19-8-4-6-12(2)16(19)18-13/h3-9H,10,17H2,1-2H3. The van der Waals surface area contributed by atoms with Crippen molar-refractivity contribution in [1.82, 2.24) is 9.38 Å². The van der Waals surface area contributed by atoms with Crippen molar-refractivity contribution in [3.63, 3.8) is 0 Å². The summed E-state index contributed by atoms with van der Waals surface area (Å²) in [7, 11) is 0. The number of pyridine rings is 1. The number of para-hydroxylation sites is 1. The number of hydrogen-bond donors (Lipinski definition) is 1. The van der Waals surface area contributed by atoms with E-state index in [1.54, 1.807) is 11.8 Å². The molecule has 0 saturated carbocycles. The molecule has 0 saturated heterocycles. The van der Waals surface area contributed by atoms with Gasteiger partial charge < -0.3 is 10.1 Å². The average molecular weight is 283 g/mol. The third kappa shape index (κ3) is 2.39. The summed E-state index contributed by atoms with van der Waals surface area (Å²) in [6.07, 6.45) is 4.12. The van der Waals surface area contributed by atoms with Crippen molar-refractivity contribution in [2.75, 3.05) is 5.73 Å². The van der Waals surface area contributed by atoms with Gasteiger partial charge in [-0.25, -0.2) is 4.98 Å². The lowest BCUT2D eigenvalue weighted by atomic mass is 10.2. The molecule has 2 aromatic heterocycles. The average Bonchev–Trinajstić information content (AvgIpc) is 2.85. The van der Waals surface area contributed by atoms with Crippen molar-refractivity contribution in [3.8, 4) is 0 Å². The summed E-state index contributed by atoms with van der Waals surface area (Å²) in [5.74, 6) is 0.828. The Hall–Kier alpha value is -1.94. The van der Waals surface area contributed by atoms with E-state index < -0.39 is 0 Å². The monoisotopic (exact) mass is 283 g/mol. The number of aromatic nitrogens is 2. The van der Waals surface area contributed by atoms with Gasteiger partial charge in [-0.2, -0.15) is 0 Å². The van der Waals surface area contributed by atoms with E-state index in [1.165, 1.54) is 5.56 Å². The highest BCUT2D eigenvalue weighted by atomic mass is 32.2. The van der Waals surface area contributed by atoms with Gasteiger partial charge in [-0.3, -0.25) is 0 Å². The number of anilines is 1. The smallest absolute Gasteiger partial charge is 0.139 e. The minimum Gasteiger partial charge on any atom is -0.398 e. The quantitative estimate of drug-likeness (QED) is 0.587. The SMILES string of the molecule is Cc1cccc(SCc2cn3cccc(C)c3n2)c1N. The summed E-state index contributed by atoms with van der Waals surface area (Å²) in [5.41, 5.74) is 11.4. The number of rotatable bonds is 3. The van der Waals surface area contributed by atoms with Crippen LogP contribution >= 0.6 is 11.8 Å². The van der Waals surface area contributed by atoms with E-state index in [4.69, 9.17) is 5.73 Å². The predicted molar refractivity (Wildman–Crippen MR) is 85.1 cm³/mol. The third-order valence-corrected chi connectivity index (χ3v) is 4.49. The van der Waals surface area contributed by atoms with Crippen molar-refractivity contribution in [1.29, 1.82) is 0 Å². The summed E-state index contributed by atoms with van der Waals surface area (Å²) >= 11 is 1.73. The van der Waals surface area contributed by atoms with Crippen LogP contribution in [-0.2, 0) is 5.75 Å². The molecule has 2 N–H and O–H groups in total. The topological polar surface area (TPSA) is 43.3 Å². The largest absolute Gasteiger partial charge is 0.398 e. The second kappa shape index (κ2) is 5.21. The molecule has 20 heavy (non-hydrogen) atoms. The zero-order valence-electron chi connectivity index (χ0n) is 11.6. The van der Waals surface area contributed by atoms with Gasteiger partial charge in [0.1, 0.15) is 5.65 Å². The Bertz CT molecular complexity index is 762. The van der Waals surface area contributed by atoms with Crippen LogP contribution in [0.25, 0.3) is 5.65 Å². The minimum absolute atomic E-state index is 0.828. The van der Waals surface area contributed by atoms with E-state index in [0.717, 1.165) is 33.2 Å². The van der Waals surface area contributed by atoms with Crippen LogP contribution in [0.2, 0.25) is 0 Å². The zero-order chi connectivity index (χ0) is 14.1. The molecule has 0 aliphatic rings. The fourth-order valence-electron chi connectivity index (χ4n) is 2.21. The highest BCUT2D eigenvalue weighted by Crippen LogP contribution is 2.30.